The number of nitrogens with one attached hydrogen (secondary N) is 1. The molecule has 18 heavy (non-hydrogen) atoms. The summed E-state index contributed by atoms with van der Waals surface area (Å²) in [5.74, 6) is 1.23. The molecule has 1 aromatic heterocycles. The normalized spacial score (nSPS) is 13.8. The van der Waals surface area contributed by atoms with Crippen LogP contribution in [0, 0.1) is 0 Å². The van der Waals surface area contributed by atoms with Crippen molar-refractivity contribution in [1.82, 2.24) is 14.9 Å². The lowest BCUT2D eigenvalue weighted by Gasteiger charge is -2.27. The molecule has 0 fully saturated rings. The first kappa shape index (κ1) is 15.2. The monoisotopic (exact) mass is 251 g/mol. The summed E-state index contributed by atoms with van der Waals surface area (Å²) in [7, 11) is 0. The fraction of sp³-hybridized carbons (Fsp3) is 0.800. The van der Waals surface area contributed by atoms with E-state index in [-0.39, 0.29) is 5.54 Å². The van der Waals surface area contributed by atoms with Gasteiger partial charge in [-0.25, -0.2) is 4.98 Å². The Morgan fingerprint density at radius 3 is 2.56 bits per heavy atom. The van der Waals surface area contributed by atoms with Gasteiger partial charge in [0.1, 0.15) is 5.82 Å². The van der Waals surface area contributed by atoms with Gasteiger partial charge in [-0.3, -0.25) is 0 Å². The molecule has 3 nitrogen and oxygen atoms in total. The second-order valence-electron chi connectivity index (χ2n) is 6.07. The van der Waals surface area contributed by atoms with Crippen LogP contribution in [0.2, 0.25) is 0 Å². The Kier molecular flexibility index (Phi) is 5.86. The highest BCUT2D eigenvalue weighted by Gasteiger charge is 2.16. The van der Waals surface area contributed by atoms with Crippen molar-refractivity contribution in [3.8, 4) is 0 Å². The van der Waals surface area contributed by atoms with E-state index in [4.69, 9.17) is 0 Å². The van der Waals surface area contributed by atoms with Gasteiger partial charge in [-0.15, -0.1) is 0 Å². The van der Waals surface area contributed by atoms with Gasteiger partial charge in [-0.1, -0.05) is 20.3 Å². The van der Waals surface area contributed by atoms with Crippen molar-refractivity contribution in [2.45, 2.75) is 71.9 Å². The molecule has 1 heterocycles. The Morgan fingerprint density at radius 2 is 2.00 bits per heavy atom. The zero-order valence-electron chi connectivity index (χ0n) is 12.7. The van der Waals surface area contributed by atoms with Crippen LogP contribution in [0.4, 0.5) is 0 Å². The standard InChI is InChI=1S/C15H29N3/c1-6-8-13(12-17-15(3,4)5)18-11-10-16-14(18)9-7-2/h10-11,13,17H,6-9,12H2,1-5H3. The molecular formula is C15H29N3. The minimum absolute atomic E-state index is 0.178. The summed E-state index contributed by atoms with van der Waals surface area (Å²) in [6.07, 6.45) is 8.71. The molecule has 0 bridgehead atoms. The predicted octanol–water partition coefficient (Wildman–Crippen LogP) is 3.56. The van der Waals surface area contributed by atoms with Crippen molar-refractivity contribution in [2.24, 2.45) is 0 Å². The zero-order chi connectivity index (χ0) is 13.6. The molecule has 1 aromatic rings. The van der Waals surface area contributed by atoms with Gasteiger partial charge in [-0.05, 0) is 33.6 Å². The highest BCUT2D eigenvalue weighted by Crippen LogP contribution is 2.17. The first-order chi connectivity index (χ1) is 8.48. The van der Waals surface area contributed by atoms with Crippen LogP contribution in [-0.4, -0.2) is 21.6 Å². The molecule has 0 aliphatic rings. The van der Waals surface area contributed by atoms with Crippen molar-refractivity contribution in [2.75, 3.05) is 6.54 Å². The van der Waals surface area contributed by atoms with E-state index in [1.165, 1.54) is 18.7 Å². The summed E-state index contributed by atoms with van der Waals surface area (Å²) in [5, 5.41) is 3.62. The minimum atomic E-state index is 0.178. The van der Waals surface area contributed by atoms with Gasteiger partial charge in [0.2, 0.25) is 0 Å². The Balaban J connectivity index is 2.73. The summed E-state index contributed by atoms with van der Waals surface area (Å²) in [6.45, 7) is 12.1. The summed E-state index contributed by atoms with van der Waals surface area (Å²) in [6, 6.07) is 0.526. The number of rotatable bonds is 7. The third-order valence-corrected chi connectivity index (χ3v) is 3.11. The lowest BCUT2D eigenvalue weighted by atomic mass is 10.1. The molecule has 0 saturated heterocycles. The Morgan fingerprint density at radius 1 is 1.28 bits per heavy atom. The molecule has 0 aliphatic carbocycles. The molecule has 1 rings (SSSR count). The molecule has 3 heteroatoms. The topological polar surface area (TPSA) is 29.9 Å². The molecule has 1 atom stereocenters. The van der Waals surface area contributed by atoms with Gasteiger partial charge >= 0.3 is 0 Å². The molecule has 0 radical (unpaired) electrons. The lowest BCUT2D eigenvalue weighted by Crippen LogP contribution is -2.39. The van der Waals surface area contributed by atoms with Crippen LogP contribution < -0.4 is 5.32 Å². The second kappa shape index (κ2) is 6.93. The Hall–Kier alpha value is -0.830. The number of aromatic nitrogens is 2. The van der Waals surface area contributed by atoms with E-state index in [1.54, 1.807) is 0 Å². The van der Waals surface area contributed by atoms with Crippen LogP contribution in [-0.2, 0) is 6.42 Å². The van der Waals surface area contributed by atoms with Crippen LogP contribution in [0.15, 0.2) is 12.4 Å². The molecule has 0 saturated carbocycles. The first-order valence-electron chi connectivity index (χ1n) is 7.24. The average molecular weight is 251 g/mol. The maximum Gasteiger partial charge on any atom is 0.108 e. The zero-order valence-corrected chi connectivity index (χ0v) is 12.7. The van der Waals surface area contributed by atoms with Gasteiger partial charge < -0.3 is 9.88 Å². The quantitative estimate of drug-likeness (QED) is 0.803. The number of nitrogens with zero attached hydrogens (tertiary/aromatic N) is 2. The highest BCUT2D eigenvalue weighted by atomic mass is 15.1. The smallest absolute Gasteiger partial charge is 0.108 e. The molecule has 0 amide bonds. The maximum atomic E-state index is 4.49. The van der Waals surface area contributed by atoms with Crippen LogP contribution in [0.25, 0.3) is 0 Å². The predicted molar refractivity (Wildman–Crippen MR) is 77.9 cm³/mol. The van der Waals surface area contributed by atoms with E-state index in [9.17, 15) is 0 Å². The number of hydrogen-bond acceptors (Lipinski definition) is 2. The lowest BCUT2D eigenvalue weighted by molar-refractivity contribution is 0.347. The van der Waals surface area contributed by atoms with E-state index in [2.05, 4.69) is 55.7 Å². The second-order valence-corrected chi connectivity index (χ2v) is 6.07. The van der Waals surface area contributed by atoms with E-state index in [0.717, 1.165) is 19.4 Å². The van der Waals surface area contributed by atoms with E-state index >= 15 is 0 Å². The van der Waals surface area contributed by atoms with Crippen LogP contribution in [0.3, 0.4) is 0 Å². The minimum Gasteiger partial charge on any atom is -0.331 e. The van der Waals surface area contributed by atoms with Gasteiger partial charge in [0, 0.05) is 36.9 Å². The maximum absolute atomic E-state index is 4.49. The van der Waals surface area contributed by atoms with Crippen molar-refractivity contribution in [3.63, 3.8) is 0 Å². The first-order valence-corrected chi connectivity index (χ1v) is 7.24. The number of hydrogen-bond donors (Lipinski definition) is 1. The molecule has 1 unspecified atom stereocenters. The summed E-state index contributed by atoms with van der Waals surface area (Å²) < 4.78 is 2.37. The fourth-order valence-electron chi connectivity index (χ4n) is 2.19. The Labute approximate surface area is 112 Å². The Bertz CT molecular complexity index is 336. The average Bonchev–Trinajstić information content (AvgIpc) is 2.72. The summed E-state index contributed by atoms with van der Waals surface area (Å²) in [4.78, 5) is 4.49. The number of aryl methyl sites for hydroxylation is 1. The van der Waals surface area contributed by atoms with Gasteiger partial charge in [0.25, 0.3) is 0 Å². The van der Waals surface area contributed by atoms with E-state index in [1.807, 2.05) is 6.20 Å². The van der Waals surface area contributed by atoms with Crippen LogP contribution in [0.1, 0.15) is 65.7 Å². The summed E-state index contributed by atoms with van der Waals surface area (Å²) >= 11 is 0. The van der Waals surface area contributed by atoms with E-state index < -0.39 is 0 Å². The molecular weight excluding hydrogens is 222 g/mol. The van der Waals surface area contributed by atoms with Crippen molar-refractivity contribution < 1.29 is 0 Å². The molecule has 0 aromatic carbocycles. The molecule has 0 aliphatic heterocycles. The molecule has 1 N–H and O–H groups in total. The fourth-order valence-corrected chi connectivity index (χ4v) is 2.19. The van der Waals surface area contributed by atoms with Crippen molar-refractivity contribution in [1.29, 1.82) is 0 Å². The van der Waals surface area contributed by atoms with Crippen LogP contribution >= 0.6 is 0 Å². The largest absolute Gasteiger partial charge is 0.331 e. The third-order valence-electron chi connectivity index (χ3n) is 3.11. The number of imidazole rings is 1. The third kappa shape index (κ3) is 4.81. The van der Waals surface area contributed by atoms with Gasteiger partial charge in [-0.2, -0.15) is 0 Å². The molecule has 104 valence electrons. The van der Waals surface area contributed by atoms with Crippen molar-refractivity contribution in [3.05, 3.63) is 18.2 Å². The van der Waals surface area contributed by atoms with Gasteiger partial charge in [0.15, 0.2) is 0 Å². The highest BCUT2D eigenvalue weighted by molar-refractivity contribution is 4.96. The molecule has 0 spiro atoms. The van der Waals surface area contributed by atoms with Crippen molar-refractivity contribution >= 4 is 0 Å². The van der Waals surface area contributed by atoms with E-state index in [0.29, 0.717) is 6.04 Å². The van der Waals surface area contributed by atoms with Gasteiger partial charge in [0.05, 0.1) is 0 Å². The van der Waals surface area contributed by atoms with Crippen LogP contribution in [0.5, 0.6) is 0 Å². The SMILES string of the molecule is CCCc1nccn1C(CCC)CNC(C)(C)C. The summed E-state index contributed by atoms with van der Waals surface area (Å²) in [5.41, 5.74) is 0.178.